The number of nitrogens with zero attached hydrogens (tertiary/aromatic N) is 3. The molecule has 4 aromatic rings. The van der Waals surface area contributed by atoms with Gasteiger partial charge in [-0.3, -0.25) is 4.90 Å². The Kier molecular flexibility index (Phi) is 8.89. The smallest absolute Gasteiger partial charge is 0.246 e. The first kappa shape index (κ1) is 28.6. The van der Waals surface area contributed by atoms with Gasteiger partial charge in [-0.1, -0.05) is 24.3 Å². The van der Waals surface area contributed by atoms with Crippen LogP contribution in [0.1, 0.15) is 6.42 Å². The molecule has 1 saturated heterocycles. The number of nitrogens with two attached hydrogens (primary N) is 1. The first-order chi connectivity index (χ1) is 19.8. The minimum absolute atomic E-state index is 0.111. The van der Waals surface area contributed by atoms with Crippen molar-refractivity contribution in [3.05, 3.63) is 72.9 Å². The molecule has 3 N–H and O–H groups in total. The zero-order chi connectivity index (χ0) is 28.8. The molecule has 1 aliphatic rings. The SMILES string of the molecule is COc1cc(Nc2cc(Oc3ccc(N)c4ccccc34)ccn2)ccc1S(=O)(=O)N(C)CCCN1CCOCC1. The highest BCUT2D eigenvalue weighted by atomic mass is 32.2. The van der Waals surface area contributed by atoms with Gasteiger partial charge in [0.25, 0.3) is 0 Å². The molecular weight excluding hydrogens is 542 g/mol. The molecule has 0 unspecified atom stereocenters. The molecule has 2 heterocycles. The second kappa shape index (κ2) is 12.7. The molecule has 1 aliphatic heterocycles. The molecule has 0 atom stereocenters. The summed E-state index contributed by atoms with van der Waals surface area (Å²) in [6.07, 6.45) is 2.37. The Bertz CT molecular complexity index is 1610. The van der Waals surface area contributed by atoms with Crippen LogP contribution >= 0.6 is 0 Å². The van der Waals surface area contributed by atoms with E-state index in [9.17, 15) is 8.42 Å². The summed E-state index contributed by atoms with van der Waals surface area (Å²) in [5.41, 5.74) is 7.43. The van der Waals surface area contributed by atoms with E-state index in [2.05, 4.69) is 15.2 Å². The Labute approximate surface area is 240 Å². The van der Waals surface area contributed by atoms with Gasteiger partial charge in [-0.2, -0.15) is 0 Å². The number of anilines is 3. The number of methoxy groups -OCH3 is 1. The number of hydrogen-bond donors (Lipinski definition) is 2. The third-order valence-electron chi connectivity index (χ3n) is 7.05. The molecular formula is C30H35N5O5S. The molecule has 0 amide bonds. The van der Waals surface area contributed by atoms with E-state index in [-0.39, 0.29) is 10.6 Å². The van der Waals surface area contributed by atoms with Crippen LogP contribution in [0.5, 0.6) is 17.2 Å². The van der Waals surface area contributed by atoms with Gasteiger partial charge in [-0.25, -0.2) is 17.7 Å². The standard InChI is InChI=1S/C30H35N5O5S/c1-34(14-5-15-35-16-18-39-19-17-35)41(36,37)29-11-8-22(20-28(29)38-2)33-30-21-23(12-13-32-30)40-27-10-9-26(31)24-6-3-4-7-25(24)27/h3-4,6-13,20-21H,5,14-19,31H2,1-2H3,(H,32,33). The molecule has 1 aromatic heterocycles. The summed E-state index contributed by atoms with van der Waals surface area (Å²) in [5.74, 6) is 2.04. The third-order valence-corrected chi connectivity index (χ3v) is 8.95. The molecule has 11 heteroatoms. The fourth-order valence-corrected chi connectivity index (χ4v) is 6.13. The number of rotatable bonds is 11. The number of aromatic nitrogens is 1. The van der Waals surface area contributed by atoms with Crippen LogP contribution in [0.4, 0.5) is 17.2 Å². The van der Waals surface area contributed by atoms with Crippen molar-refractivity contribution in [1.82, 2.24) is 14.2 Å². The lowest BCUT2D eigenvalue weighted by Crippen LogP contribution is -2.38. The molecule has 5 rings (SSSR count). The minimum atomic E-state index is -3.74. The number of hydrogen-bond acceptors (Lipinski definition) is 9. The van der Waals surface area contributed by atoms with Crippen LogP contribution in [0, 0.1) is 0 Å². The van der Waals surface area contributed by atoms with Gasteiger partial charge in [0.1, 0.15) is 28.0 Å². The molecule has 3 aromatic carbocycles. The van der Waals surface area contributed by atoms with E-state index in [1.165, 1.54) is 11.4 Å². The molecule has 10 nitrogen and oxygen atoms in total. The van der Waals surface area contributed by atoms with Crippen LogP contribution in [0.2, 0.25) is 0 Å². The van der Waals surface area contributed by atoms with E-state index >= 15 is 0 Å². The zero-order valence-corrected chi connectivity index (χ0v) is 24.1. The molecule has 41 heavy (non-hydrogen) atoms. The monoisotopic (exact) mass is 577 g/mol. The Balaban J connectivity index is 1.27. The van der Waals surface area contributed by atoms with Crippen LogP contribution in [0.15, 0.2) is 77.8 Å². The summed E-state index contributed by atoms with van der Waals surface area (Å²) in [6, 6.07) is 19.9. The lowest BCUT2D eigenvalue weighted by Gasteiger charge is -2.27. The number of nitrogen functional groups attached to an aromatic ring is 1. The number of fused-ring (bicyclic) bond motifs is 1. The normalized spacial score (nSPS) is 14.3. The molecule has 0 spiro atoms. The maximum absolute atomic E-state index is 13.4. The maximum Gasteiger partial charge on any atom is 0.246 e. The Morgan fingerprint density at radius 2 is 1.80 bits per heavy atom. The predicted octanol–water partition coefficient (Wildman–Crippen LogP) is 4.70. The van der Waals surface area contributed by atoms with Crippen molar-refractivity contribution < 1.29 is 22.6 Å². The number of morpholine rings is 1. The van der Waals surface area contributed by atoms with Crippen molar-refractivity contribution in [3.8, 4) is 17.2 Å². The van der Waals surface area contributed by atoms with Gasteiger partial charge in [0.05, 0.1) is 20.3 Å². The minimum Gasteiger partial charge on any atom is -0.495 e. The van der Waals surface area contributed by atoms with Crippen LogP contribution in [0.25, 0.3) is 10.8 Å². The zero-order valence-electron chi connectivity index (χ0n) is 23.2. The van der Waals surface area contributed by atoms with Gasteiger partial charge in [0.2, 0.25) is 10.0 Å². The Morgan fingerprint density at radius 3 is 2.59 bits per heavy atom. The number of nitrogens with one attached hydrogen (secondary N) is 1. The van der Waals surface area contributed by atoms with Crippen LogP contribution in [0.3, 0.4) is 0 Å². The molecule has 1 fully saturated rings. The highest BCUT2D eigenvalue weighted by molar-refractivity contribution is 7.89. The van der Waals surface area contributed by atoms with E-state index in [1.54, 1.807) is 43.6 Å². The van der Waals surface area contributed by atoms with E-state index in [0.717, 1.165) is 50.0 Å². The number of ether oxygens (including phenoxy) is 3. The topological polar surface area (TPSA) is 119 Å². The van der Waals surface area contributed by atoms with Crippen LogP contribution < -0.4 is 20.5 Å². The van der Waals surface area contributed by atoms with Gasteiger partial charge in [-0.15, -0.1) is 0 Å². The van der Waals surface area contributed by atoms with Crippen LogP contribution in [-0.4, -0.2) is 76.2 Å². The second-order valence-electron chi connectivity index (χ2n) is 9.80. The quantitative estimate of drug-likeness (QED) is 0.244. The predicted molar refractivity (Wildman–Crippen MR) is 161 cm³/mol. The Morgan fingerprint density at radius 1 is 1.02 bits per heavy atom. The lowest BCUT2D eigenvalue weighted by molar-refractivity contribution is 0.0370. The van der Waals surface area contributed by atoms with Gasteiger partial charge < -0.3 is 25.3 Å². The average Bonchev–Trinajstić information content (AvgIpc) is 2.99. The summed E-state index contributed by atoms with van der Waals surface area (Å²) in [6.45, 7) is 4.43. The van der Waals surface area contributed by atoms with Crippen LogP contribution in [-0.2, 0) is 14.8 Å². The van der Waals surface area contributed by atoms with Crippen molar-refractivity contribution in [2.24, 2.45) is 0 Å². The summed E-state index contributed by atoms with van der Waals surface area (Å²) in [4.78, 5) is 6.79. The van der Waals surface area contributed by atoms with Gasteiger partial charge in [0.15, 0.2) is 0 Å². The van der Waals surface area contributed by atoms with E-state index in [4.69, 9.17) is 19.9 Å². The number of sulfonamides is 1. The fourth-order valence-electron chi connectivity index (χ4n) is 4.79. The summed E-state index contributed by atoms with van der Waals surface area (Å²) in [5, 5.41) is 5.04. The van der Waals surface area contributed by atoms with Gasteiger partial charge in [-0.05, 0) is 43.3 Å². The molecule has 0 aliphatic carbocycles. The molecule has 0 radical (unpaired) electrons. The molecule has 0 saturated carbocycles. The third kappa shape index (κ3) is 6.71. The summed E-state index contributed by atoms with van der Waals surface area (Å²) in [7, 11) is -0.688. The van der Waals surface area contributed by atoms with Gasteiger partial charge in [0, 0.05) is 67.2 Å². The second-order valence-corrected chi connectivity index (χ2v) is 11.8. The number of pyridine rings is 1. The van der Waals surface area contributed by atoms with Crippen molar-refractivity contribution in [2.75, 3.05) is 64.6 Å². The van der Waals surface area contributed by atoms with E-state index in [0.29, 0.717) is 35.2 Å². The molecule has 216 valence electrons. The van der Waals surface area contributed by atoms with Crippen molar-refractivity contribution >= 4 is 38.0 Å². The number of benzene rings is 3. The van der Waals surface area contributed by atoms with Crippen molar-refractivity contribution in [1.29, 1.82) is 0 Å². The van der Waals surface area contributed by atoms with Crippen molar-refractivity contribution in [3.63, 3.8) is 0 Å². The molecule has 0 bridgehead atoms. The largest absolute Gasteiger partial charge is 0.495 e. The average molecular weight is 578 g/mol. The van der Waals surface area contributed by atoms with Crippen molar-refractivity contribution in [2.45, 2.75) is 11.3 Å². The summed E-state index contributed by atoms with van der Waals surface area (Å²) >= 11 is 0. The van der Waals surface area contributed by atoms with E-state index < -0.39 is 10.0 Å². The highest BCUT2D eigenvalue weighted by Crippen LogP contribution is 2.34. The maximum atomic E-state index is 13.4. The first-order valence-electron chi connectivity index (χ1n) is 13.5. The lowest BCUT2D eigenvalue weighted by atomic mass is 10.1. The summed E-state index contributed by atoms with van der Waals surface area (Å²) < 4.78 is 45.1. The fraction of sp³-hybridized carbons (Fsp3) is 0.300. The Hall–Kier alpha value is -3.90. The highest BCUT2D eigenvalue weighted by Gasteiger charge is 2.25. The van der Waals surface area contributed by atoms with E-state index in [1.807, 2.05) is 36.4 Å². The van der Waals surface area contributed by atoms with Gasteiger partial charge >= 0.3 is 0 Å². The first-order valence-corrected chi connectivity index (χ1v) is 14.9.